The molecule has 1 nitrogen and oxygen atoms in total. The van der Waals surface area contributed by atoms with E-state index in [-0.39, 0.29) is 10.6 Å². The molecule has 0 N–H and O–H groups in total. The average molecular weight is 305 g/mol. The molecule has 0 atom stereocenters. The monoisotopic (exact) mass is 304 g/mol. The molecule has 2 rings (SSSR count). The quantitative estimate of drug-likeness (QED) is 0.583. The van der Waals surface area contributed by atoms with Crippen LogP contribution in [0.2, 0.25) is 10.0 Å². The summed E-state index contributed by atoms with van der Waals surface area (Å²) in [6.07, 6.45) is 0. The highest BCUT2D eigenvalue weighted by molar-refractivity contribution is 6.35. The minimum absolute atomic E-state index is 0.0545. The molecule has 0 saturated carbocycles. The van der Waals surface area contributed by atoms with Gasteiger partial charge in [-0.2, -0.15) is 0 Å². The second kappa shape index (κ2) is 5.23. The molecule has 98 valence electrons. The Morgan fingerprint density at radius 1 is 0.842 bits per heavy atom. The number of ketones is 1. The van der Waals surface area contributed by atoms with E-state index in [4.69, 9.17) is 23.2 Å². The highest BCUT2D eigenvalue weighted by atomic mass is 35.5. The Morgan fingerprint density at radius 2 is 1.53 bits per heavy atom. The minimum Gasteiger partial charge on any atom is -0.288 e. The SMILES string of the molecule is O=C(c1cc(F)c(Cl)cc1F)c1cc(F)ccc1Cl. The van der Waals surface area contributed by atoms with Crippen LogP contribution >= 0.6 is 23.2 Å². The highest BCUT2D eigenvalue weighted by Crippen LogP contribution is 2.25. The number of halogens is 5. The molecule has 0 aliphatic heterocycles. The van der Waals surface area contributed by atoms with Gasteiger partial charge in [-0.05, 0) is 30.3 Å². The van der Waals surface area contributed by atoms with Crippen LogP contribution in [0, 0.1) is 17.5 Å². The molecule has 0 aromatic heterocycles. The van der Waals surface area contributed by atoms with Gasteiger partial charge < -0.3 is 0 Å². The number of carbonyl (C=O) groups is 1. The van der Waals surface area contributed by atoms with Crippen LogP contribution in [0.3, 0.4) is 0 Å². The maximum absolute atomic E-state index is 13.6. The number of benzene rings is 2. The largest absolute Gasteiger partial charge is 0.288 e. The van der Waals surface area contributed by atoms with E-state index in [1.54, 1.807) is 0 Å². The fourth-order valence-corrected chi connectivity index (χ4v) is 1.87. The maximum atomic E-state index is 13.6. The molecule has 0 fully saturated rings. The van der Waals surface area contributed by atoms with Crippen LogP contribution in [0.15, 0.2) is 30.3 Å². The van der Waals surface area contributed by atoms with Crippen molar-refractivity contribution >= 4 is 29.0 Å². The van der Waals surface area contributed by atoms with Gasteiger partial charge in [-0.15, -0.1) is 0 Å². The lowest BCUT2D eigenvalue weighted by molar-refractivity contribution is 0.103. The minimum atomic E-state index is -1.00. The molecular weight excluding hydrogens is 300 g/mol. The normalized spacial score (nSPS) is 10.6. The van der Waals surface area contributed by atoms with E-state index in [1.807, 2.05) is 0 Å². The van der Waals surface area contributed by atoms with E-state index in [0.717, 1.165) is 18.2 Å². The fourth-order valence-electron chi connectivity index (χ4n) is 1.51. The van der Waals surface area contributed by atoms with Crippen LogP contribution in [0.4, 0.5) is 13.2 Å². The predicted molar refractivity (Wildman–Crippen MR) is 66.2 cm³/mol. The van der Waals surface area contributed by atoms with Crippen LogP contribution in [0.25, 0.3) is 0 Å². The van der Waals surface area contributed by atoms with Crippen molar-refractivity contribution in [2.45, 2.75) is 0 Å². The zero-order valence-corrected chi connectivity index (χ0v) is 10.7. The Bertz CT molecular complexity index is 671. The van der Waals surface area contributed by atoms with Crippen molar-refractivity contribution in [3.8, 4) is 0 Å². The molecule has 0 bridgehead atoms. The average Bonchev–Trinajstić information content (AvgIpc) is 2.36. The summed E-state index contributed by atoms with van der Waals surface area (Å²) >= 11 is 11.1. The van der Waals surface area contributed by atoms with Gasteiger partial charge in [0.05, 0.1) is 15.6 Å². The van der Waals surface area contributed by atoms with E-state index in [0.29, 0.717) is 12.1 Å². The van der Waals surface area contributed by atoms with E-state index in [9.17, 15) is 18.0 Å². The first-order valence-corrected chi connectivity index (χ1v) is 5.80. The van der Waals surface area contributed by atoms with Crippen molar-refractivity contribution < 1.29 is 18.0 Å². The summed E-state index contributed by atoms with van der Waals surface area (Å²) in [5.74, 6) is -3.57. The molecule has 19 heavy (non-hydrogen) atoms. The van der Waals surface area contributed by atoms with Crippen molar-refractivity contribution in [2.24, 2.45) is 0 Å². The predicted octanol–water partition coefficient (Wildman–Crippen LogP) is 4.64. The first kappa shape index (κ1) is 13.9. The van der Waals surface area contributed by atoms with Gasteiger partial charge in [0.15, 0.2) is 5.78 Å². The Hall–Kier alpha value is -1.52. The lowest BCUT2D eigenvalue weighted by Crippen LogP contribution is -2.06. The molecule has 6 heteroatoms. The van der Waals surface area contributed by atoms with Crippen molar-refractivity contribution in [2.75, 3.05) is 0 Å². The summed E-state index contributed by atoms with van der Waals surface area (Å²) in [6.45, 7) is 0. The van der Waals surface area contributed by atoms with Crippen molar-refractivity contribution in [3.63, 3.8) is 0 Å². The van der Waals surface area contributed by atoms with E-state index >= 15 is 0 Å². The van der Waals surface area contributed by atoms with Crippen molar-refractivity contribution in [1.82, 2.24) is 0 Å². The molecule has 2 aromatic rings. The van der Waals surface area contributed by atoms with Gasteiger partial charge in [-0.25, -0.2) is 13.2 Å². The molecule has 0 saturated heterocycles. The van der Waals surface area contributed by atoms with Crippen LogP contribution < -0.4 is 0 Å². The molecule has 0 aliphatic rings. The van der Waals surface area contributed by atoms with Gasteiger partial charge in [-0.3, -0.25) is 4.79 Å². The number of hydrogen-bond donors (Lipinski definition) is 0. The summed E-state index contributed by atoms with van der Waals surface area (Å²) in [4.78, 5) is 12.0. The number of carbonyl (C=O) groups excluding carboxylic acids is 1. The third-order valence-corrected chi connectivity index (χ3v) is 3.05. The zero-order valence-electron chi connectivity index (χ0n) is 9.18. The summed E-state index contributed by atoms with van der Waals surface area (Å²) < 4.78 is 39.9. The second-order valence-electron chi connectivity index (χ2n) is 3.70. The Morgan fingerprint density at radius 3 is 2.21 bits per heavy atom. The molecule has 0 spiro atoms. The summed E-state index contributed by atoms with van der Waals surface area (Å²) in [7, 11) is 0. The van der Waals surface area contributed by atoms with Gasteiger partial charge in [0, 0.05) is 5.56 Å². The Balaban J connectivity index is 2.56. The first-order valence-electron chi connectivity index (χ1n) is 5.04. The molecule has 0 aliphatic carbocycles. The standard InChI is InChI=1S/C13H5Cl2F3O/c14-9-2-1-6(16)3-7(9)13(19)8-4-12(18)10(15)5-11(8)17/h1-5H. The smallest absolute Gasteiger partial charge is 0.197 e. The molecule has 0 heterocycles. The summed E-state index contributed by atoms with van der Waals surface area (Å²) in [6, 6.07) is 4.40. The van der Waals surface area contributed by atoms with Crippen molar-refractivity contribution in [3.05, 3.63) is 69.0 Å². The third-order valence-electron chi connectivity index (χ3n) is 2.43. The van der Waals surface area contributed by atoms with Gasteiger partial charge in [0.1, 0.15) is 17.5 Å². The lowest BCUT2D eigenvalue weighted by atomic mass is 10.0. The zero-order chi connectivity index (χ0) is 14.2. The first-order chi connectivity index (χ1) is 8.90. The molecule has 2 aromatic carbocycles. The van der Waals surface area contributed by atoms with Crippen LogP contribution in [-0.2, 0) is 0 Å². The topological polar surface area (TPSA) is 17.1 Å². The highest BCUT2D eigenvalue weighted by Gasteiger charge is 2.19. The molecular formula is C13H5Cl2F3O. The van der Waals surface area contributed by atoms with E-state index in [1.165, 1.54) is 0 Å². The molecule has 0 unspecified atom stereocenters. The van der Waals surface area contributed by atoms with Crippen LogP contribution in [-0.4, -0.2) is 5.78 Å². The van der Waals surface area contributed by atoms with Gasteiger partial charge in [-0.1, -0.05) is 23.2 Å². The number of hydrogen-bond acceptors (Lipinski definition) is 1. The Labute approximate surface area is 116 Å². The van der Waals surface area contributed by atoms with Gasteiger partial charge in [0.2, 0.25) is 0 Å². The van der Waals surface area contributed by atoms with E-state index in [2.05, 4.69) is 0 Å². The summed E-state index contributed by atoms with van der Waals surface area (Å²) in [5, 5.41) is -0.499. The Kier molecular flexibility index (Phi) is 3.83. The second-order valence-corrected chi connectivity index (χ2v) is 4.51. The fraction of sp³-hybridized carbons (Fsp3) is 0. The maximum Gasteiger partial charge on any atom is 0.197 e. The van der Waals surface area contributed by atoms with Crippen LogP contribution in [0.5, 0.6) is 0 Å². The lowest BCUT2D eigenvalue weighted by Gasteiger charge is -2.06. The number of rotatable bonds is 2. The van der Waals surface area contributed by atoms with E-state index < -0.39 is 33.8 Å². The molecule has 0 amide bonds. The third kappa shape index (κ3) is 2.74. The molecule has 0 radical (unpaired) electrons. The van der Waals surface area contributed by atoms with Gasteiger partial charge >= 0.3 is 0 Å². The van der Waals surface area contributed by atoms with Crippen molar-refractivity contribution in [1.29, 1.82) is 0 Å². The summed E-state index contributed by atoms with van der Waals surface area (Å²) in [5.41, 5.74) is -0.809. The van der Waals surface area contributed by atoms with Crippen LogP contribution in [0.1, 0.15) is 15.9 Å². The van der Waals surface area contributed by atoms with Gasteiger partial charge in [0.25, 0.3) is 0 Å².